The quantitative estimate of drug-likeness (QED) is 0.412. The van der Waals surface area contributed by atoms with Crippen LogP contribution >= 0.6 is 0 Å². The molecule has 4 aliphatic rings. The molecule has 0 saturated carbocycles. The molecule has 3 amide bonds. The van der Waals surface area contributed by atoms with E-state index in [-0.39, 0.29) is 18.1 Å². The van der Waals surface area contributed by atoms with Crippen molar-refractivity contribution in [2.24, 2.45) is 0 Å². The highest BCUT2D eigenvalue weighted by Crippen LogP contribution is 2.37. The molecule has 3 fully saturated rings. The number of pyridine rings is 1. The Bertz CT molecular complexity index is 1580. The van der Waals surface area contributed by atoms with Gasteiger partial charge in [0.25, 0.3) is 5.91 Å². The molecule has 2 unspecified atom stereocenters. The summed E-state index contributed by atoms with van der Waals surface area (Å²) in [5.74, 6) is 1.50. The number of morpholine rings is 2. The van der Waals surface area contributed by atoms with E-state index in [1.54, 1.807) is 23.2 Å². The van der Waals surface area contributed by atoms with Crippen molar-refractivity contribution in [3.63, 3.8) is 0 Å². The third-order valence-corrected chi connectivity index (χ3v) is 8.77. The van der Waals surface area contributed by atoms with Crippen molar-refractivity contribution in [3.8, 4) is 17.1 Å². The fourth-order valence-corrected chi connectivity index (χ4v) is 6.51. The molecule has 3 saturated heterocycles. The predicted molar refractivity (Wildman–Crippen MR) is 174 cm³/mol. The van der Waals surface area contributed by atoms with Crippen LogP contribution in [0.25, 0.3) is 11.3 Å². The number of urea groups is 1. The maximum absolute atomic E-state index is 13.9. The lowest BCUT2D eigenvalue weighted by Crippen LogP contribution is -2.43. The average Bonchev–Trinajstić information content (AvgIpc) is 3.35. The van der Waals surface area contributed by atoms with Gasteiger partial charge in [0.05, 0.1) is 49.5 Å². The number of anilines is 4. The van der Waals surface area contributed by atoms with Crippen LogP contribution in [-0.4, -0.2) is 102 Å². The molecule has 0 spiro atoms. The maximum Gasteiger partial charge on any atom is 0.323 e. The number of likely N-dealkylation sites (N-methyl/N-ethyl adjacent to an activating group) is 1. The van der Waals surface area contributed by atoms with Crippen LogP contribution < -0.4 is 25.2 Å². The zero-order chi connectivity index (χ0) is 31.8. The summed E-state index contributed by atoms with van der Waals surface area (Å²) in [5.41, 5.74) is 2.10. The summed E-state index contributed by atoms with van der Waals surface area (Å²) in [6.45, 7) is 11.2. The summed E-state index contributed by atoms with van der Waals surface area (Å²) >= 11 is 0. The van der Waals surface area contributed by atoms with Gasteiger partial charge in [0, 0.05) is 44.0 Å². The Morgan fingerprint density at radius 3 is 2.33 bits per heavy atom. The number of nitrogens with one attached hydrogen (secondary N) is 2. The first-order chi connectivity index (χ1) is 22.2. The van der Waals surface area contributed by atoms with Gasteiger partial charge in [-0.2, -0.15) is 4.98 Å². The summed E-state index contributed by atoms with van der Waals surface area (Å²) in [6, 6.07) is 10.6. The molecule has 3 aromatic rings. The van der Waals surface area contributed by atoms with Gasteiger partial charge in [-0.1, -0.05) is 12.1 Å². The molecule has 0 radical (unpaired) electrons. The number of hydrogen-bond acceptors (Lipinski definition) is 10. The van der Waals surface area contributed by atoms with Crippen LogP contribution in [0.3, 0.4) is 0 Å². The highest BCUT2D eigenvalue weighted by Gasteiger charge is 2.39. The fraction of sp³-hybridized carbons (Fsp3) is 0.485. The van der Waals surface area contributed by atoms with Crippen molar-refractivity contribution in [1.29, 1.82) is 0 Å². The minimum absolute atomic E-state index is 0.147. The Labute approximate surface area is 268 Å². The summed E-state index contributed by atoms with van der Waals surface area (Å²) in [5, 5.41) is 5.71. The van der Waals surface area contributed by atoms with Crippen LogP contribution in [0.5, 0.6) is 5.88 Å². The molecule has 2 atom stereocenters. The molecule has 4 aliphatic heterocycles. The fourth-order valence-electron chi connectivity index (χ4n) is 6.51. The largest absolute Gasteiger partial charge is 0.469 e. The van der Waals surface area contributed by atoms with Crippen LogP contribution in [0, 0.1) is 0 Å². The third kappa shape index (κ3) is 6.29. The molecule has 7 rings (SSSR count). The highest BCUT2D eigenvalue weighted by molar-refractivity contribution is 6.03. The molecule has 46 heavy (non-hydrogen) atoms. The van der Waals surface area contributed by atoms with Crippen molar-refractivity contribution in [3.05, 3.63) is 48.2 Å². The van der Waals surface area contributed by atoms with Gasteiger partial charge < -0.3 is 39.5 Å². The first-order valence-corrected chi connectivity index (χ1v) is 16.0. The van der Waals surface area contributed by atoms with Crippen molar-refractivity contribution < 1.29 is 23.8 Å². The molecule has 2 aromatic heterocycles. The number of ether oxygens (including phenoxy) is 3. The number of rotatable bonds is 6. The van der Waals surface area contributed by atoms with Crippen molar-refractivity contribution in [2.45, 2.75) is 51.4 Å². The lowest BCUT2D eigenvalue weighted by Gasteiger charge is -2.33. The van der Waals surface area contributed by atoms with E-state index in [9.17, 15) is 9.59 Å². The number of hydrogen-bond donors (Lipinski definition) is 2. The van der Waals surface area contributed by atoms with Crippen molar-refractivity contribution in [2.75, 3.05) is 72.9 Å². The Morgan fingerprint density at radius 2 is 1.65 bits per heavy atom. The average molecular weight is 629 g/mol. The summed E-state index contributed by atoms with van der Waals surface area (Å²) in [4.78, 5) is 47.1. The van der Waals surface area contributed by atoms with E-state index < -0.39 is 11.6 Å². The van der Waals surface area contributed by atoms with Gasteiger partial charge in [-0.05, 0) is 57.9 Å². The number of carbonyl (C=O) groups is 2. The number of aromatic nitrogens is 3. The minimum atomic E-state index is -0.636. The number of nitrogens with zero attached hydrogens (tertiary/aromatic N) is 6. The van der Waals surface area contributed by atoms with Gasteiger partial charge >= 0.3 is 6.03 Å². The summed E-state index contributed by atoms with van der Waals surface area (Å²) in [7, 11) is 0. The number of benzene rings is 1. The van der Waals surface area contributed by atoms with Crippen LogP contribution in [0.2, 0.25) is 0 Å². The standard InChI is InChI=1S/C33H40N8O5/c1-4-39-20-33(2,3)46-29-27(30(39)42)28(37-31(38-29)41-18-24-10-11-25(19-41)45-24)21-5-7-22(8-6-21)35-32(43)36-23-9-12-26(34-17-23)40-13-15-44-16-14-40/h5-9,12,17,24-25H,4,10-11,13-16,18-20H2,1-3H3,(H2,35,36,43). The van der Waals surface area contributed by atoms with Gasteiger partial charge in [0.1, 0.15) is 17.0 Å². The number of amides is 3. The van der Waals surface area contributed by atoms with Gasteiger partial charge in [-0.3, -0.25) is 4.79 Å². The molecule has 0 aliphatic carbocycles. The predicted octanol–water partition coefficient (Wildman–Crippen LogP) is 4.02. The van der Waals surface area contributed by atoms with Crippen LogP contribution in [-0.2, 0) is 9.47 Å². The molecule has 242 valence electrons. The van der Waals surface area contributed by atoms with E-state index in [0.29, 0.717) is 73.9 Å². The highest BCUT2D eigenvalue weighted by atomic mass is 16.5. The summed E-state index contributed by atoms with van der Waals surface area (Å²) in [6.07, 6.45) is 3.98. The topological polar surface area (TPSA) is 134 Å². The van der Waals surface area contributed by atoms with Gasteiger partial charge in [-0.25, -0.2) is 14.8 Å². The van der Waals surface area contributed by atoms with E-state index >= 15 is 0 Å². The second-order valence-corrected chi connectivity index (χ2v) is 12.8. The maximum atomic E-state index is 13.9. The first-order valence-electron chi connectivity index (χ1n) is 16.0. The molecule has 13 nitrogen and oxygen atoms in total. The minimum Gasteiger partial charge on any atom is -0.469 e. The van der Waals surface area contributed by atoms with E-state index in [1.165, 1.54) is 0 Å². The van der Waals surface area contributed by atoms with Gasteiger partial charge in [-0.15, -0.1) is 0 Å². The lowest BCUT2D eigenvalue weighted by atomic mass is 10.0. The molecule has 13 heteroatoms. The molecule has 2 N–H and O–H groups in total. The monoisotopic (exact) mass is 628 g/mol. The van der Waals surface area contributed by atoms with Crippen LogP contribution in [0.15, 0.2) is 42.6 Å². The van der Waals surface area contributed by atoms with Gasteiger partial charge in [0.15, 0.2) is 0 Å². The summed E-state index contributed by atoms with van der Waals surface area (Å²) < 4.78 is 17.9. The van der Waals surface area contributed by atoms with E-state index in [0.717, 1.165) is 37.3 Å². The van der Waals surface area contributed by atoms with E-state index in [2.05, 4.69) is 25.4 Å². The van der Waals surface area contributed by atoms with E-state index in [4.69, 9.17) is 24.2 Å². The lowest BCUT2D eigenvalue weighted by molar-refractivity contribution is 0.0297. The molecule has 2 bridgehead atoms. The van der Waals surface area contributed by atoms with Crippen molar-refractivity contribution in [1.82, 2.24) is 19.9 Å². The number of carbonyl (C=O) groups excluding carboxylic acids is 2. The second-order valence-electron chi connectivity index (χ2n) is 12.8. The smallest absolute Gasteiger partial charge is 0.323 e. The van der Waals surface area contributed by atoms with Gasteiger partial charge in [0.2, 0.25) is 11.8 Å². The van der Waals surface area contributed by atoms with Crippen molar-refractivity contribution >= 4 is 35.1 Å². The molecule has 6 heterocycles. The Morgan fingerprint density at radius 1 is 0.957 bits per heavy atom. The zero-order valence-corrected chi connectivity index (χ0v) is 26.5. The van der Waals surface area contributed by atoms with Crippen LogP contribution in [0.1, 0.15) is 44.0 Å². The Kier molecular flexibility index (Phi) is 8.11. The zero-order valence-electron chi connectivity index (χ0n) is 26.5. The second kappa shape index (κ2) is 12.4. The first kappa shape index (κ1) is 30.2. The Balaban J connectivity index is 1.13. The SMILES string of the molecule is CCN1CC(C)(C)Oc2nc(N3CC4CCC(C3)O4)nc(-c3ccc(NC(=O)Nc4ccc(N5CCOCC5)nc4)cc3)c2C1=O. The normalized spacial score (nSPS) is 22.2. The third-order valence-electron chi connectivity index (χ3n) is 8.77. The van der Waals surface area contributed by atoms with E-state index in [1.807, 2.05) is 45.0 Å². The molecule has 1 aromatic carbocycles. The van der Waals surface area contributed by atoms with Crippen LogP contribution in [0.4, 0.5) is 27.9 Å². The number of fused-ring (bicyclic) bond motifs is 3. The Hall–Kier alpha value is -4.49. The molecular formula is C33H40N8O5. The molecular weight excluding hydrogens is 588 g/mol.